The second-order valence-corrected chi connectivity index (χ2v) is 7.87. The van der Waals surface area contributed by atoms with Crippen LogP contribution < -0.4 is 10.6 Å². The molecule has 0 aromatic carbocycles. The molecule has 0 saturated carbocycles. The van der Waals surface area contributed by atoms with Crippen LogP contribution in [-0.4, -0.2) is 48.9 Å². The van der Waals surface area contributed by atoms with Crippen molar-refractivity contribution in [2.45, 2.75) is 31.8 Å². The quantitative estimate of drug-likeness (QED) is 0.846. The molecule has 1 fully saturated rings. The zero-order valence-corrected chi connectivity index (χ0v) is 14.6. The molecule has 1 aliphatic rings. The minimum absolute atomic E-state index is 0.0899. The van der Waals surface area contributed by atoms with Crippen LogP contribution in [0.5, 0.6) is 0 Å². The van der Waals surface area contributed by atoms with E-state index in [0.29, 0.717) is 10.9 Å². The molecule has 1 aliphatic heterocycles. The predicted molar refractivity (Wildman–Crippen MR) is 87.6 cm³/mol. The monoisotopic (exact) mass is 373 g/mol. The summed E-state index contributed by atoms with van der Waals surface area (Å²) in [5, 5.41) is 6.36. The van der Waals surface area contributed by atoms with Crippen LogP contribution in [0.25, 0.3) is 0 Å². The number of hydrogen-bond donors (Lipinski definition) is 2. The number of carbonyl (C=O) groups is 2. The van der Waals surface area contributed by atoms with E-state index in [4.69, 9.17) is 0 Å². The van der Waals surface area contributed by atoms with Gasteiger partial charge in [0.2, 0.25) is 5.91 Å². The summed E-state index contributed by atoms with van der Waals surface area (Å²) >= 11 is 4.71. The SMILES string of the molecule is CC1CC(NC(=O)CN(C)C(=O)c2ccc(Br)s2)CCN1. The van der Waals surface area contributed by atoms with Crippen LogP contribution in [0, 0.1) is 0 Å². The van der Waals surface area contributed by atoms with Gasteiger partial charge in [-0.3, -0.25) is 9.59 Å². The maximum atomic E-state index is 12.2. The van der Waals surface area contributed by atoms with E-state index in [1.807, 2.05) is 6.07 Å². The van der Waals surface area contributed by atoms with Crippen LogP contribution in [0.2, 0.25) is 0 Å². The van der Waals surface area contributed by atoms with E-state index >= 15 is 0 Å². The molecule has 2 atom stereocenters. The van der Waals surface area contributed by atoms with Gasteiger partial charge in [0.15, 0.2) is 0 Å². The molecule has 1 aromatic rings. The topological polar surface area (TPSA) is 61.4 Å². The highest BCUT2D eigenvalue weighted by atomic mass is 79.9. The smallest absolute Gasteiger partial charge is 0.264 e. The average molecular weight is 374 g/mol. The number of rotatable bonds is 4. The van der Waals surface area contributed by atoms with Crippen molar-refractivity contribution >= 4 is 39.1 Å². The summed E-state index contributed by atoms with van der Waals surface area (Å²) in [6, 6.07) is 4.22. The lowest BCUT2D eigenvalue weighted by Crippen LogP contribution is -2.49. The van der Waals surface area contributed by atoms with E-state index in [9.17, 15) is 9.59 Å². The van der Waals surface area contributed by atoms with E-state index in [2.05, 4.69) is 33.5 Å². The van der Waals surface area contributed by atoms with E-state index in [1.165, 1.54) is 16.2 Å². The van der Waals surface area contributed by atoms with Crippen molar-refractivity contribution in [3.05, 3.63) is 20.8 Å². The Morgan fingerprint density at radius 2 is 2.29 bits per heavy atom. The second kappa shape index (κ2) is 7.38. The molecular weight excluding hydrogens is 354 g/mol. The molecule has 5 nitrogen and oxygen atoms in total. The van der Waals surface area contributed by atoms with Gasteiger partial charge >= 0.3 is 0 Å². The highest BCUT2D eigenvalue weighted by Crippen LogP contribution is 2.22. The van der Waals surface area contributed by atoms with Gasteiger partial charge in [0.1, 0.15) is 0 Å². The predicted octanol–water partition coefficient (Wildman–Crippen LogP) is 1.84. The Bertz CT molecular complexity index is 520. The Morgan fingerprint density at radius 3 is 2.90 bits per heavy atom. The lowest BCUT2D eigenvalue weighted by atomic mass is 10.0. The summed E-state index contributed by atoms with van der Waals surface area (Å²) in [5.41, 5.74) is 0. The van der Waals surface area contributed by atoms with Crippen LogP contribution >= 0.6 is 27.3 Å². The van der Waals surface area contributed by atoms with Crippen molar-refractivity contribution in [1.82, 2.24) is 15.5 Å². The summed E-state index contributed by atoms with van der Waals surface area (Å²) in [4.78, 5) is 26.3. The summed E-state index contributed by atoms with van der Waals surface area (Å²) in [5.74, 6) is -0.222. The van der Waals surface area contributed by atoms with Gasteiger partial charge in [-0.25, -0.2) is 0 Å². The summed E-state index contributed by atoms with van der Waals surface area (Å²) in [6.07, 6.45) is 1.87. The molecule has 21 heavy (non-hydrogen) atoms. The molecule has 2 amide bonds. The van der Waals surface area contributed by atoms with E-state index in [1.54, 1.807) is 13.1 Å². The third kappa shape index (κ3) is 4.79. The minimum Gasteiger partial charge on any atom is -0.352 e. The van der Waals surface area contributed by atoms with Gasteiger partial charge in [-0.1, -0.05) is 0 Å². The number of nitrogens with one attached hydrogen (secondary N) is 2. The van der Waals surface area contributed by atoms with Crippen molar-refractivity contribution in [2.24, 2.45) is 0 Å². The van der Waals surface area contributed by atoms with Crippen molar-refractivity contribution in [2.75, 3.05) is 20.1 Å². The Balaban J connectivity index is 1.83. The Kier molecular flexibility index (Phi) is 5.78. The molecule has 7 heteroatoms. The molecule has 116 valence electrons. The van der Waals surface area contributed by atoms with E-state index in [-0.39, 0.29) is 24.4 Å². The molecule has 0 spiro atoms. The first kappa shape index (κ1) is 16.5. The molecule has 2 heterocycles. The van der Waals surface area contributed by atoms with Gasteiger partial charge in [-0.05, 0) is 54.4 Å². The van der Waals surface area contributed by atoms with E-state index < -0.39 is 0 Å². The zero-order chi connectivity index (χ0) is 15.4. The first-order valence-electron chi connectivity index (χ1n) is 6.99. The van der Waals surface area contributed by atoms with Crippen LogP contribution in [0.3, 0.4) is 0 Å². The molecule has 2 unspecified atom stereocenters. The minimum atomic E-state index is -0.125. The molecular formula is C14H20BrN3O2S. The lowest BCUT2D eigenvalue weighted by Gasteiger charge is -2.29. The maximum Gasteiger partial charge on any atom is 0.264 e. The number of piperidine rings is 1. The highest BCUT2D eigenvalue weighted by molar-refractivity contribution is 9.11. The normalized spacial score (nSPS) is 21.9. The fourth-order valence-corrected chi connectivity index (χ4v) is 3.82. The number of thiophene rings is 1. The van der Waals surface area contributed by atoms with Gasteiger partial charge < -0.3 is 15.5 Å². The van der Waals surface area contributed by atoms with Gasteiger partial charge in [-0.15, -0.1) is 11.3 Å². The Morgan fingerprint density at radius 1 is 1.52 bits per heavy atom. The average Bonchev–Trinajstić information content (AvgIpc) is 2.84. The van der Waals surface area contributed by atoms with Crippen LogP contribution in [-0.2, 0) is 4.79 Å². The summed E-state index contributed by atoms with van der Waals surface area (Å²) < 4.78 is 0.910. The molecule has 0 aliphatic carbocycles. The number of nitrogens with zero attached hydrogens (tertiary/aromatic N) is 1. The van der Waals surface area contributed by atoms with Crippen molar-refractivity contribution < 1.29 is 9.59 Å². The largest absolute Gasteiger partial charge is 0.352 e. The fraction of sp³-hybridized carbons (Fsp3) is 0.571. The number of hydrogen-bond acceptors (Lipinski definition) is 4. The van der Waals surface area contributed by atoms with Crippen molar-refractivity contribution in [1.29, 1.82) is 0 Å². The van der Waals surface area contributed by atoms with Crippen molar-refractivity contribution in [3.63, 3.8) is 0 Å². The van der Waals surface area contributed by atoms with Crippen LogP contribution in [0.1, 0.15) is 29.4 Å². The van der Waals surface area contributed by atoms with Gasteiger partial charge in [0.25, 0.3) is 5.91 Å². The Labute approximate surface area is 137 Å². The van der Waals surface area contributed by atoms with Gasteiger partial charge in [-0.2, -0.15) is 0 Å². The molecule has 1 aromatic heterocycles. The molecule has 0 bridgehead atoms. The van der Waals surface area contributed by atoms with E-state index in [0.717, 1.165) is 23.2 Å². The summed E-state index contributed by atoms with van der Waals surface area (Å²) in [6.45, 7) is 3.12. The fourth-order valence-electron chi connectivity index (χ4n) is 2.44. The molecule has 2 rings (SSSR count). The van der Waals surface area contributed by atoms with Crippen LogP contribution in [0.15, 0.2) is 15.9 Å². The lowest BCUT2D eigenvalue weighted by molar-refractivity contribution is -0.122. The third-order valence-corrected chi connectivity index (χ3v) is 5.11. The summed E-state index contributed by atoms with van der Waals surface area (Å²) in [7, 11) is 1.65. The first-order chi connectivity index (χ1) is 9.95. The molecule has 2 N–H and O–H groups in total. The standard InChI is InChI=1S/C14H20BrN3O2S/c1-9-7-10(5-6-16-9)17-13(19)8-18(2)14(20)11-3-4-12(15)21-11/h3-4,9-10,16H,5-8H2,1-2H3,(H,17,19). The number of amides is 2. The van der Waals surface area contributed by atoms with Gasteiger partial charge in [0.05, 0.1) is 15.2 Å². The van der Waals surface area contributed by atoms with Crippen LogP contribution in [0.4, 0.5) is 0 Å². The highest BCUT2D eigenvalue weighted by Gasteiger charge is 2.22. The van der Waals surface area contributed by atoms with Crippen molar-refractivity contribution in [3.8, 4) is 0 Å². The number of carbonyl (C=O) groups excluding carboxylic acids is 2. The van der Waals surface area contributed by atoms with Gasteiger partial charge in [0, 0.05) is 19.1 Å². The first-order valence-corrected chi connectivity index (χ1v) is 8.60. The molecule has 0 radical (unpaired) electrons. The third-order valence-electron chi connectivity index (χ3n) is 3.50. The second-order valence-electron chi connectivity index (χ2n) is 5.41. The number of likely N-dealkylation sites (N-methyl/N-ethyl adjacent to an activating group) is 1. The molecule has 1 saturated heterocycles. The zero-order valence-electron chi connectivity index (χ0n) is 12.2. The maximum absolute atomic E-state index is 12.2. The number of halogens is 1. The Hall–Kier alpha value is -0.920.